The first-order valence-electron chi connectivity index (χ1n) is 4.99. The van der Waals surface area contributed by atoms with Gasteiger partial charge in [0.15, 0.2) is 11.5 Å². The summed E-state index contributed by atoms with van der Waals surface area (Å²) >= 11 is 0. The number of methoxy groups -OCH3 is 1. The molecular weight excluding hydrogens is 192 g/mol. The average molecular weight is 206 g/mol. The average Bonchev–Trinajstić information content (AvgIpc) is 2.99. The summed E-state index contributed by atoms with van der Waals surface area (Å²) in [7, 11) is 1.51. The van der Waals surface area contributed by atoms with Gasteiger partial charge in [0.25, 0.3) is 0 Å². The van der Waals surface area contributed by atoms with Crippen LogP contribution < -0.4 is 4.74 Å². The third kappa shape index (κ3) is 1.39. The largest absolute Gasteiger partial charge is 0.504 e. The van der Waals surface area contributed by atoms with Crippen molar-refractivity contribution in [1.29, 1.82) is 0 Å². The minimum absolute atomic E-state index is 0.104. The van der Waals surface area contributed by atoms with Gasteiger partial charge in [-0.15, -0.1) is 0 Å². The number of aromatic hydroxyl groups is 1. The number of ketones is 1. The highest BCUT2D eigenvalue weighted by Crippen LogP contribution is 2.53. The van der Waals surface area contributed by atoms with Crippen LogP contribution in [0.3, 0.4) is 0 Å². The Morgan fingerprint density at radius 3 is 2.60 bits per heavy atom. The fraction of sp³-hybridized carbons (Fsp3) is 0.417. The van der Waals surface area contributed by atoms with Gasteiger partial charge in [-0.2, -0.15) is 0 Å². The monoisotopic (exact) mass is 206 g/mol. The number of hydrogen-bond donors (Lipinski definition) is 1. The normalized spacial score (nSPS) is 17.2. The second-order valence-corrected chi connectivity index (χ2v) is 3.99. The molecule has 2 rings (SSSR count). The van der Waals surface area contributed by atoms with Crippen LogP contribution in [0.25, 0.3) is 0 Å². The first-order valence-corrected chi connectivity index (χ1v) is 4.99. The zero-order valence-corrected chi connectivity index (χ0v) is 8.91. The Labute approximate surface area is 88.7 Å². The Bertz CT molecular complexity index is 405. The predicted molar refractivity (Wildman–Crippen MR) is 56.3 cm³/mol. The molecule has 1 fully saturated rings. The summed E-state index contributed by atoms with van der Waals surface area (Å²) < 4.78 is 5.03. The Morgan fingerprint density at radius 1 is 1.47 bits per heavy atom. The number of rotatable bonds is 3. The highest BCUT2D eigenvalue weighted by Gasteiger charge is 2.50. The standard InChI is InChI=1S/C12H14O3/c1-8(13)12(6-7-12)9-4-3-5-10(15-2)11(9)14/h3-5,14H,6-7H2,1-2H3. The lowest BCUT2D eigenvalue weighted by atomic mass is 9.91. The molecule has 0 amide bonds. The molecule has 3 nitrogen and oxygen atoms in total. The zero-order valence-electron chi connectivity index (χ0n) is 8.91. The number of para-hydroxylation sites is 1. The van der Waals surface area contributed by atoms with E-state index < -0.39 is 5.41 Å². The third-order valence-electron chi connectivity index (χ3n) is 3.16. The number of ether oxygens (including phenoxy) is 1. The molecular formula is C12H14O3. The summed E-state index contributed by atoms with van der Waals surface area (Å²) in [5.41, 5.74) is 0.257. The van der Waals surface area contributed by atoms with E-state index in [-0.39, 0.29) is 11.5 Å². The van der Waals surface area contributed by atoms with Gasteiger partial charge < -0.3 is 9.84 Å². The molecule has 1 aromatic rings. The first-order chi connectivity index (χ1) is 7.12. The number of phenolic OH excluding ortho intramolecular Hbond substituents is 1. The van der Waals surface area contributed by atoms with E-state index in [0.717, 1.165) is 12.8 Å². The van der Waals surface area contributed by atoms with Crippen LogP contribution in [0.2, 0.25) is 0 Å². The molecule has 0 aliphatic heterocycles. The molecule has 80 valence electrons. The smallest absolute Gasteiger partial charge is 0.161 e. The van der Waals surface area contributed by atoms with E-state index in [1.165, 1.54) is 7.11 Å². The van der Waals surface area contributed by atoms with Crippen molar-refractivity contribution in [3.63, 3.8) is 0 Å². The van der Waals surface area contributed by atoms with Crippen LogP contribution in [0.4, 0.5) is 0 Å². The van der Waals surface area contributed by atoms with Gasteiger partial charge in [-0.25, -0.2) is 0 Å². The second-order valence-electron chi connectivity index (χ2n) is 3.99. The van der Waals surface area contributed by atoms with Gasteiger partial charge in [0.05, 0.1) is 12.5 Å². The summed E-state index contributed by atoms with van der Waals surface area (Å²) in [6.45, 7) is 1.58. The molecule has 1 saturated carbocycles. The van der Waals surface area contributed by atoms with Gasteiger partial charge in [-0.1, -0.05) is 12.1 Å². The number of carbonyl (C=O) groups is 1. The number of hydrogen-bond acceptors (Lipinski definition) is 3. The van der Waals surface area contributed by atoms with Crippen LogP contribution in [-0.2, 0) is 10.2 Å². The van der Waals surface area contributed by atoms with Crippen molar-refractivity contribution in [2.75, 3.05) is 7.11 Å². The second kappa shape index (κ2) is 3.26. The van der Waals surface area contributed by atoms with Crippen LogP contribution in [0.5, 0.6) is 11.5 Å². The van der Waals surface area contributed by atoms with Gasteiger partial charge in [0.2, 0.25) is 0 Å². The Kier molecular flexibility index (Phi) is 2.18. The van der Waals surface area contributed by atoms with E-state index in [0.29, 0.717) is 11.3 Å². The SMILES string of the molecule is COc1cccc(C2(C(C)=O)CC2)c1O. The third-order valence-corrected chi connectivity index (χ3v) is 3.16. The molecule has 0 aromatic heterocycles. The number of benzene rings is 1. The van der Waals surface area contributed by atoms with Crippen molar-refractivity contribution in [2.45, 2.75) is 25.2 Å². The quantitative estimate of drug-likeness (QED) is 0.823. The van der Waals surface area contributed by atoms with Gasteiger partial charge in [0.1, 0.15) is 5.78 Å². The molecule has 0 radical (unpaired) electrons. The zero-order chi connectivity index (χ0) is 11.1. The molecule has 0 unspecified atom stereocenters. The maximum Gasteiger partial charge on any atom is 0.161 e. The molecule has 0 saturated heterocycles. The fourth-order valence-corrected chi connectivity index (χ4v) is 2.01. The van der Waals surface area contributed by atoms with Gasteiger partial charge >= 0.3 is 0 Å². The van der Waals surface area contributed by atoms with Crippen molar-refractivity contribution in [3.8, 4) is 11.5 Å². The summed E-state index contributed by atoms with van der Waals surface area (Å²) in [5.74, 6) is 0.652. The van der Waals surface area contributed by atoms with Crippen molar-refractivity contribution < 1.29 is 14.6 Å². The first kappa shape index (κ1) is 10.0. The Hall–Kier alpha value is -1.51. The molecule has 3 heteroatoms. The molecule has 1 aromatic carbocycles. The van der Waals surface area contributed by atoms with Gasteiger partial charge in [-0.3, -0.25) is 4.79 Å². The van der Waals surface area contributed by atoms with E-state index in [1.807, 2.05) is 0 Å². The molecule has 15 heavy (non-hydrogen) atoms. The maximum atomic E-state index is 11.5. The lowest BCUT2D eigenvalue weighted by Crippen LogP contribution is -2.17. The topological polar surface area (TPSA) is 46.5 Å². The minimum Gasteiger partial charge on any atom is -0.504 e. The van der Waals surface area contributed by atoms with Crippen LogP contribution in [-0.4, -0.2) is 18.0 Å². The lowest BCUT2D eigenvalue weighted by molar-refractivity contribution is -0.119. The van der Waals surface area contributed by atoms with E-state index in [4.69, 9.17) is 4.74 Å². The predicted octanol–water partition coefficient (Wildman–Crippen LogP) is 2.02. The van der Waals surface area contributed by atoms with Crippen LogP contribution in [0.1, 0.15) is 25.3 Å². The van der Waals surface area contributed by atoms with Crippen molar-refractivity contribution in [2.24, 2.45) is 0 Å². The molecule has 1 aliphatic rings. The van der Waals surface area contributed by atoms with Crippen LogP contribution >= 0.6 is 0 Å². The number of Topliss-reactive ketones (excluding diaryl/α,β-unsaturated/α-hetero) is 1. The highest BCUT2D eigenvalue weighted by molar-refractivity contribution is 5.92. The van der Waals surface area contributed by atoms with Crippen molar-refractivity contribution in [3.05, 3.63) is 23.8 Å². The van der Waals surface area contributed by atoms with Crippen LogP contribution in [0.15, 0.2) is 18.2 Å². The number of carbonyl (C=O) groups excluding carboxylic acids is 1. The lowest BCUT2D eigenvalue weighted by Gasteiger charge is -2.15. The highest BCUT2D eigenvalue weighted by atomic mass is 16.5. The van der Waals surface area contributed by atoms with Gasteiger partial charge in [0, 0.05) is 5.56 Å². The molecule has 1 aliphatic carbocycles. The Morgan fingerprint density at radius 2 is 2.13 bits per heavy atom. The van der Waals surface area contributed by atoms with E-state index in [2.05, 4.69) is 0 Å². The molecule has 0 bridgehead atoms. The van der Waals surface area contributed by atoms with E-state index in [9.17, 15) is 9.90 Å². The Balaban J connectivity index is 2.50. The van der Waals surface area contributed by atoms with E-state index >= 15 is 0 Å². The van der Waals surface area contributed by atoms with Crippen molar-refractivity contribution >= 4 is 5.78 Å². The van der Waals surface area contributed by atoms with Crippen LogP contribution in [0, 0.1) is 0 Å². The fourth-order valence-electron chi connectivity index (χ4n) is 2.01. The summed E-state index contributed by atoms with van der Waals surface area (Å²) in [4.78, 5) is 11.5. The van der Waals surface area contributed by atoms with Gasteiger partial charge in [-0.05, 0) is 25.8 Å². The molecule has 0 spiro atoms. The van der Waals surface area contributed by atoms with E-state index in [1.54, 1.807) is 25.1 Å². The maximum absolute atomic E-state index is 11.5. The molecule has 0 atom stereocenters. The minimum atomic E-state index is -0.446. The summed E-state index contributed by atoms with van der Waals surface area (Å²) in [6.07, 6.45) is 1.64. The molecule has 1 N–H and O–H groups in total. The van der Waals surface area contributed by atoms with Crippen molar-refractivity contribution in [1.82, 2.24) is 0 Å². The molecule has 0 heterocycles. The summed E-state index contributed by atoms with van der Waals surface area (Å²) in [5, 5.41) is 9.94. The summed E-state index contributed by atoms with van der Waals surface area (Å²) in [6, 6.07) is 5.29. The number of phenols is 1.